The number of nitrogens with zero attached hydrogens (tertiary/aromatic N) is 1. The molecule has 178 valence electrons. The van der Waals surface area contributed by atoms with E-state index in [4.69, 9.17) is 0 Å². The van der Waals surface area contributed by atoms with E-state index in [1.807, 2.05) is 6.08 Å². The van der Waals surface area contributed by atoms with E-state index in [0.29, 0.717) is 11.8 Å². The average Bonchev–Trinajstić information content (AvgIpc) is 3.18. The zero-order valence-electron chi connectivity index (χ0n) is 21.4. The molecule has 0 amide bonds. The van der Waals surface area contributed by atoms with Gasteiger partial charge in [0.2, 0.25) is 0 Å². The molecule has 0 saturated carbocycles. The summed E-state index contributed by atoms with van der Waals surface area (Å²) in [5.74, 6) is 1.88. The van der Waals surface area contributed by atoms with Gasteiger partial charge in [-0.1, -0.05) is 57.2 Å². The van der Waals surface area contributed by atoms with E-state index in [-0.39, 0.29) is 0 Å². The summed E-state index contributed by atoms with van der Waals surface area (Å²) in [6, 6.07) is 7.94. The predicted octanol–water partition coefficient (Wildman–Crippen LogP) is 7.00. The highest BCUT2D eigenvalue weighted by molar-refractivity contribution is 5.92. The maximum atomic E-state index is 3.95. The zero-order valence-corrected chi connectivity index (χ0v) is 21.4. The van der Waals surface area contributed by atoms with Gasteiger partial charge in [0.25, 0.3) is 0 Å². The van der Waals surface area contributed by atoms with Crippen LogP contribution in [0.3, 0.4) is 0 Å². The largest absolute Gasteiger partial charge is 0.354 e. The number of benzene rings is 1. The van der Waals surface area contributed by atoms with E-state index in [1.54, 1.807) is 0 Å². The van der Waals surface area contributed by atoms with E-state index in [1.165, 1.54) is 84.3 Å². The first-order valence-corrected chi connectivity index (χ1v) is 13.0. The van der Waals surface area contributed by atoms with Crippen molar-refractivity contribution in [2.45, 2.75) is 71.8 Å². The third kappa shape index (κ3) is 5.20. The number of rotatable bonds is 6. The molecule has 0 aliphatic carbocycles. The Morgan fingerprint density at radius 2 is 1.91 bits per heavy atom. The van der Waals surface area contributed by atoms with Crippen LogP contribution in [0.5, 0.6) is 0 Å². The van der Waals surface area contributed by atoms with Gasteiger partial charge >= 0.3 is 0 Å². The standard InChI is InChI=1S/C30H43N3/c1-7-8-25(17-20(2)3)30-29(21(4)5)26-18-24(9-10-27(26)32-30)23-12-15-33(16-13-23)28-11-14-31-19-22(28)6/h7-10,17-18,21-23,28,31-32H,1,11-16,19H2,2-6H3/b25-8+. The van der Waals surface area contributed by atoms with Crippen molar-refractivity contribution in [3.05, 3.63) is 65.4 Å². The summed E-state index contributed by atoms with van der Waals surface area (Å²) >= 11 is 0. The molecule has 3 heteroatoms. The van der Waals surface area contributed by atoms with Gasteiger partial charge in [-0.3, -0.25) is 4.90 Å². The van der Waals surface area contributed by atoms with Crippen LogP contribution >= 0.6 is 0 Å². The van der Waals surface area contributed by atoms with E-state index in [9.17, 15) is 0 Å². The molecule has 2 aliphatic heterocycles. The third-order valence-corrected chi connectivity index (χ3v) is 7.68. The van der Waals surface area contributed by atoms with E-state index in [0.717, 1.165) is 12.0 Å². The van der Waals surface area contributed by atoms with Crippen LogP contribution in [0.15, 0.2) is 48.6 Å². The molecule has 0 spiro atoms. The number of piperidine rings is 2. The molecular formula is C30H43N3. The van der Waals surface area contributed by atoms with Gasteiger partial charge in [0.05, 0.1) is 0 Å². The van der Waals surface area contributed by atoms with Crippen molar-refractivity contribution < 1.29 is 0 Å². The van der Waals surface area contributed by atoms with E-state index in [2.05, 4.69) is 86.7 Å². The summed E-state index contributed by atoms with van der Waals surface area (Å²) in [5, 5.41) is 4.95. The van der Waals surface area contributed by atoms with Crippen molar-refractivity contribution in [3.63, 3.8) is 0 Å². The SMILES string of the molecule is C=C/C=C(\C=C(C)C)c1[nH]c2ccc(C3CCN(C4CCNCC4C)CC3)cc2c1C(C)C. The first kappa shape index (κ1) is 24.0. The maximum Gasteiger partial charge on any atom is 0.0499 e. The van der Waals surface area contributed by atoms with Crippen LogP contribution in [-0.4, -0.2) is 42.1 Å². The van der Waals surface area contributed by atoms with Crippen molar-refractivity contribution in [1.29, 1.82) is 0 Å². The summed E-state index contributed by atoms with van der Waals surface area (Å²) in [4.78, 5) is 6.52. The average molecular weight is 446 g/mol. The summed E-state index contributed by atoms with van der Waals surface area (Å²) in [6.07, 6.45) is 10.1. The molecule has 2 unspecified atom stereocenters. The van der Waals surface area contributed by atoms with Crippen molar-refractivity contribution >= 4 is 16.5 Å². The molecule has 1 aromatic heterocycles. The minimum Gasteiger partial charge on any atom is -0.354 e. The van der Waals surface area contributed by atoms with Gasteiger partial charge in [-0.2, -0.15) is 0 Å². The van der Waals surface area contributed by atoms with E-state index < -0.39 is 0 Å². The molecule has 2 saturated heterocycles. The van der Waals surface area contributed by atoms with Crippen LogP contribution in [-0.2, 0) is 0 Å². The monoisotopic (exact) mass is 445 g/mol. The van der Waals surface area contributed by atoms with Crippen molar-refractivity contribution in [3.8, 4) is 0 Å². The lowest BCUT2D eigenvalue weighted by molar-refractivity contribution is 0.0925. The Balaban J connectivity index is 1.61. The second-order valence-corrected chi connectivity index (χ2v) is 10.8. The zero-order chi connectivity index (χ0) is 23.5. The molecule has 4 rings (SSSR count). The Kier molecular flexibility index (Phi) is 7.61. The molecule has 33 heavy (non-hydrogen) atoms. The Labute approximate surface area is 201 Å². The minimum atomic E-state index is 0.450. The molecule has 1 aromatic carbocycles. The van der Waals surface area contributed by atoms with Crippen LogP contribution in [0.1, 0.15) is 82.5 Å². The van der Waals surface area contributed by atoms with Crippen molar-refractivity contribution in [2.75, 3.05) is 26.2 Å². The Bertz CT molecular complexity index is 1030. The third-order valence-electron chi connectivity index (χ3n) is 7.68. The number of nitrogens with one attached hydrogen (secondary N) is 2. The highest BCUT2D eigenvalue weighted by Crippen LogP contribution is 2.38. The van der Waals surface area contributed by atoms with Gasteiger partial charge in [0.1, 0.15) is 0 Å². The number of aromatic amines is 1. The summed E-state index contributed by atoms with van der Waals surface area (Å²) < 4.78 is 0. The molecular weight excluding hydrogens is 402 g/mol. The molecule has 2 aliphatic rings. The molecule has 2 aromatic rings. The Morgan fingerprint density at radius 3 is 2.55 bits per heavy atom. The summed E-state index contributed by atoms with van der Waals surface area (Å²) in [5.41, 5.74) is 7.95. The van der Waals surface area contributed by atoms with Gasteiger partial charge in [0, 0.05) is 22.6 Å². The fraction of sp³-hybridized carbons (Fsp3) is 0.533. The molecule has 3 nitrogen and oxygen atoms in total. The second kappa shape index (κ2) is 10.4. The summed E-state index contributed by atoms with van der Waals surface area (Å²) in [7, 11) is 0. The topological polar surface area (TPSA) is 31.1 Å². The molecule has 3 heterocycles. The molecule has 2 N–H and O–H groups in total. The lowest BCUT2D eigenvalue weighted by atomic mass is 9.85. The van der Waals surface area contributed by atoms with Crippen LogP contribution < -0.4 is 5.32 Å². The highest BCUT2D eigenvalue weighted by atomic mass is 15.2. The molecule has 0 bridgehead atoms. The predicted molar refractivity (Wildman–Crippen MR) is 144 cm³/mol. The fourth-order valence-electron chi connectivity index (χ4n) is 6.06. The van der Waals surface area contributed by atoms with Gasteiger partial charge in [-0.25, -0.2) is 0 Å². The van der Waals surface area contributed by atoms with E-state index >= 15 is 0 Å². The fourth-order valence-corrected chi connectivity index (χ4v) is 6.06. The van der Waals surface area contributed by atoms with Crippen LogP contribution in [0, 0.1) is 5.92 Å². The Hall–Kier alpha value is -2.10. The Morgan fingerprint density at radius 1 is 1.15 bits per heavy atom. The number of aromatic nitrogens is 1. The number of likely N-dealkylation sites (tertiary alicyclic amines) is 1. The number of allylic oxidation sites excluding steroid dienone is 5. The number of fused-ring (bicyclic) bond motifs is 1. The number of hydrogen-bond donors (Lipinski definition) is 2. The summed E-state index contributed by atoms with van der Waals surface area (Å²) in [6.45, 7) is 20.1. The van der Waals surface area contributed by atoms with Gasteiger partial charge in [0.15, 0.2) is 0 Å². The molecule has 2 fully saturated rings. The van der Waals surface area contributed by atoms with Gasteiger partial charge < -0.3 is 10.3 Å². The minimum absolute atomic E-state index is 0.450. The first-order valence-electron chi connectivity index (χ1n) is 13.0. The smallest absolute Gasteiger partial charge is 0.0499 e. The first-order chi connectivity index (χ1) is 15.9. The molecule has 0 radical (unpaired) electrons. The van der Waals surface area contributed by atoms with Crippen LogP contribution in [0.4, 0.5) is 0 Å². The van der Waals surface area contributed by atoms with Crippen molar-refractivity contribution in [1.82, 2.24) is 15.2 Å². The number of H-pyrrole nitrogens is 1. The molecule has 2 atom stereocenters. The lowest BCUT2D eigenvalue weighted by Crippen LogP contribution is -2.50. The maximum absolute atomic E-state index is 3.95. The highest BCUT2D eigenvalue weighted by Gasteiger charge is 2.30. The second-order valence-electron chi connectivity index (χ2n) is 10.8. The number of hydrogen-bond acceptors (Lipinski definition) is 2. The quantitative estimate of drug-likeness (QED) is 0.469. The van der Waals surface area contributed by atoms with Crippen molar-refractivity contribution in [2.24, 2.45) is 5.92 Å². The van der Waals surface area contributed by atoms with Crippen LogP contribution in [0.25, 0.3) is 16.5 Å². The van der Waals surface area contributed by atoms with Gasteiger partial charge in [-0.15, -0.1) is 0 Å². The van der Waals surface area contributed by atoms with Crippen LogP contribution in [0.2, 0.25) is 0 Å². The lowest BCUT2D eigenvalue weighted by Gasteiger charge is -2.42. The normalized spacial score (nSPS) is 23.3. The van der Waals surface area contributed by atoms with Gasteiger partial charge in [-0.05, 0) is 106 Å².